The zero-order valence-corrected chi connectivity index (χ0v) is 30.4. The second kappa shape index (κ2) is 20.6. The Labute approximate surface area is 296 Å². The first-order valence-corrected chi connectivity index (χ1v) is 18.7. The molecule has 0 aromatic heterocycles. The summed E-state index contributed by atoms with van der Waals surface area (Å²) in [5, 5.41) is 11.6. The molecular formula is C32H52IN7O8. The molecular weight excluding hydrogens is 737 g/mol. The number of likely N-dealkylation sites (tertiary alicyclic amines) is 2. The Morgan fingerprint density at radius 2 is 1.12 bits per heavy atom. The first-order chi connectivity index (χ1) is 23.0. The van der Waals surface area contributed by atoms with Crippen molar-refractivity contribution >= 4 is 64.0 Å². The Hall–Kier alpha value is -2.86. The molecule has 270 valence electrons. The van der Waals surface area contributed by atoms with Crippen molar-refractivity contribution in [1.29, 1.82) is 0 Å². The molecule has 0 saturated carbocycles. The first kappa shape index (κ1) is 39.6. The molecule has 48 heavy (non-hydrogen) atoms. The number of alkyl halides is 1. The molecule has 0 bridgehead atoms. The lowest BCUT2D eigenvalue weighted by atomic mass is 9.88. The Bertz CT molecular complexity index is 1140. The predicted octanol–water partition coefficient (Wildman–Crippen LogP) is 0.540. The number of carbonyl (C=O) groups is 7. The largest absolute Gasteiger partial charge is 0.354 e. The van der Waals surface area contributed by atoms with Crippen molar-refractivity contribution in [2.75, 3.05) is 43.7 Å². The van der Waals surface area contributed by atoms with Crippen LogP contribution in [0.3, 0.4) is 0 Å². The topological polar surface area (TPSA) is 187 Å². The Balaban J connectivity index is 1.40. The van der Waals surface area contributed by atoms with Gasteiger partial charge >= 0.3 is 5.97 Å². The van der Waals surface area contributed by atoms with E-state index in [1.165, 1.54) is 0 Å². The standard InChI is InChI=1S/C32H52IN7O8/c1-22-5-3-7-24(38(22)20-28(43)34-15-13-26(41)36-17-18-37-27(42)19-33)9-10-25-8-4-6-23(2)39(25)21-29(44)35-16-14-32(47)48-40-30(45)11-12-31(40)46/h22-25H,3-21H2,1-2H3,(H,34,43)(H,35,44)(H,36,41)(H,37,42). The van der Waals surface area contributed by atoms with Crippen LogP contribution in [-0.4, -0.2) is 124 Å². The highest BCUT2D eigenvalue weighted by Gasteiger charge is 2.34. The molecule has 0 radical (unpaired) electrons. The van der Waals surface area contributed by atoms with Crippen molar-refractivity contribution in [1.82, 2.24) is 36.1 Å². The SMILES string of the molecule is CC1CCCC(CCC2CCCC(C)N2CC(=O)NCCC(=O)ON2C(=O)CCC2=O)N1CC(=O)NCCC(=O)NCCNC(=O)CI. The number of hydroxylamine groups is 2. The molecule has 0 aromatic rings. The smallest absolute Gasteiger partial charge is 0.334 e. The number of nitrogens with zero attached hydrogens (tertiary/aromatic N) is 3. The summed E-state index contributed by atoms with van der Waals surface area (Å²) in [5.74, 6) is -2.40. The van der Waals surface area contributed by atoms with Crippen LogP contribution < -0.4 is 21.3 Å². The van der Waals surface area contributed by atoms with Gasteiger partial charge in [0.1, 0.15) is 0 Å². The highest BCUT2D eigenvalue weighted by molar-refractivity contribution is 14.1. The molecule has 0 spiro atoms. The molecule has 0 aromatic carbocycles. The summed E-state index contributed by atoms with van der Waals surface area (Å²) in [4.78, 5) is 93.9. The molecule has 3 heterocycles. The molecule has 4 atom stereocenters. The van der Waals surface area contributed by atoms with E-state index in [2.05, 4.69) is 44.9 Å². The van der Waals surface area contributed by atoms with Crippen molar-refractivity contribution < 1.29 is 38.4 Å². The van der Waals surface area contributed by atoms with Gasteiger partial charge in [-0.2, -0.15) is 0 Å². The fraction of sp³-hybridized carbons (Fsp3) is 0.781. The van der Waals surface area contributed by atoms with Crippen molar-refractivity contribution in [2.24, 2.45) is 0 Å². The third-order valence-electron chi connectivity index (χ3n) is 9.29. The summed E-state index contributed by atoms with van der Waals surface area (Å²) in [6.07, 6.45) is 8.04. The molecule has 0 aliphatic carbocycles. The van der Waals surface area contributed by atoms with Gasteiger partial charge in [0, 0.05) is 69.6 Å². The molecule has 3 saturated heterocycles. The van der Waals surface area contributed by atoms with Crippen LogP contribution in [0.25, 0.3) is 0 Å². The molecule has 15 nitrogen and oxygen atoms in total. The molecule has 6 amide bonds. The van der Waals surface area contributed by atoms with Crippen LogP contribution in [-0.2, 0) is 38.4 Å². The lowest BCUT2D eigenvalue weighted by Crippen LogP contribution is -2.52. The van der Waals surface area contributed by atoms with Crippen molar-refractivity contribution in [3.05, 3.63) is 0 Å². The molecule has 3 aliphatic heterocycles. The number of hydrogen-bond donors (Lipinski definition) is 4. The van der Waals surface area contributed by atoms with E-state index >= 15 is 0 Å². The number of hydrogen-bond acceptors (Lipinski definition) is 10. The van der Waals surface area contributed by atoms with Crippen LogP contribution >= 0.6 is 22.6 Å². The van der Waals surface area contributed by atoms with Gasteiger partial charge in [-0.15, -0.1) is 5.06 Å². The third kappa shape index (κ3) is 13.2. The van der Waals surface area contributed by atoms with Crippen LogP contribution in [0.5, 0.6) is 0 Å². The summed E-state index contributed by atoms with van der Waals surface area (Å²) in [6, 6.07) is 0.953. The maximum absolute atomic E-state index is 12.9. The minimum Gasteiger partial charge on any atom is -0.354 e. The second-order valence-corrected chi connectivity index (χ2v) is 13.6. The molecule has 16 heteroatoms. The van der Waals surface area contributed by atoms with E-state index < -0.39 is 17.8 Å². The van der Waals surface area contributed by atoms with Gasteiger partial charge in [0.15, 0.2) is 0 Å². The number of imide groups is 1. The van der Waals surface area contributed by atoms with E-state index in [0.717, 1.165) is 51.4 Å². The molecule has 3 rings (SSSR count). The van der Waals surface area contributed by atoms with Crippen LogP contribution in [0.1, 0.15) is 90.9 Å². The molecule has 3 fully saturated rings. The number of amides is 6. The van der Waals surface area contributed by atoms with E-state index in [1.807, 2.05) is 22.6 Å². The quantitative estimate of drug-likeness (QED) is 0.0662. The minimum absolute atomic E-state index is 0.0247. The van der Waals surface area contributed by atoms with Gasteiger partial charge < -0.3 is 26.1 Å². The maximum atomic E-state index is 12.9. The minimum atomic E-state index is -0.751. The van der Waals surface area contributed by atoms with E-state index in [-0.39, 0.29) is 99.7 Å². The van der Waals surface area contributed by atoms with E-state index in [1.54, 1.807) is 0 Å². The summed E-state index contributed by atoms with van der Waals surface area (Å²) in [7, 11) is 0. The van der Waals surface area contributed by atoms with Crippen molar-refractivity contribution in [3.8, 4) is 0 Å². The van der Waals surface area contributed by atoms with Crippen molar-refractivity contribution in [3.63, 3.8) is 0 Å². The number of piperidine rings is 2. The number of carbonyl (C=O) groups excluding carboxylic acids is 7. The van der Waals surface area contributed by atoms with Crippen LogP contribution in [0.4, 0.5) is 0 Å². The van der Waals surface area contributed by atoms with Gasteiger partial charge in [-0.3, -0.25) is 38.6 Å². The Kier molecular flexibility index (Phi) is 17.0. The van der Waals surface area contributed by atoms with E-state index in [4.69, 9.17) is 4.84 Å². The van der Waals surface area contributed by atoms with E-state index in [9.17, 15) is 33.6 Å². The average molecular weight is 790 g/mol. The average Bonchev–Trinajstić information content (AvgIpc) is 3.36. The maximum Gasteiger partial charge on any atom is 0.334 e. The molecule has 3 aliphatic rings. The van der Waals surface area contributed by atoms with Crippen LogP contribution in [0, 0.1) is 0 Å². The number of rotatable bonds is 18. The Morgan fingerprint density at radius 3 is 1.62 bits per heavy atom. The van der Waals surface area contributed by atoms with Gasteiger partial charge in [0.05, 0.1) is 23.9 Å². The third-order valence-corrected chi connectivity index (χ3v) is 9.98. The summed E-state index contributed by atoms with van der Waals surface area (Å²) >= 11 is 1.97. The summed E-state index contributed by atoms with van der Waals surface area (Å²) < 4.78 is 0.367. The zero-order chi connectivity index (χ0) is 35.1. The highest BCUT2D eigenvalue weighted by Crippen LogP contribution is 2.30. The lowest BCUT2D eigenvalue weighted by Gasteiger charge is -2.43. The second-order valence-electron chi connectivity index (χ2n) is 12.9. The summed E-state index contributed by atoms with van der Waals surface area (Å²) in [6.45, 7) is 5.75. The van der Waals surface area contributed by atoms with E-state index in [0.29, 0.717) is 22.6 Å². The van der Waals surface area contributed by atoms with Gasteiger partial charge in [0.25, 0.3) is 11.8 Å². The highest BCUT2D eigenvalue weighted by atomic mass is 127. The Morgan fingerprint density at radius 1 is 0.667 bits per heavy atom. The van der Waals surface area contributed by atoms with Gasteiger partial charge in [-0.25, -0.2) is 4.79 Å². The summed E-state index contributed by atoms with van der Waals surface area (Å²) in [5.41, 5.74) is 0. The van der Waals surface area contributed by atoms with Gasteiger partial charge in [-0.05, 0) is 52.4 Å². The normalized spacial score (nSPS) is 23.4. The van der Waals surface area contributed by atoms with Gasteiger partial charge in [0.2, 0.25) is 23.6 Å². The fourth-order valence-electron chi connectivity index (χ4n) is 6.66. The van der Waals surface area contributed by atoms with Crippen LogP contribution in [0.2, 0.25) is 0 Å². The van der Waals surface area contributed by atoms with Gasteiger partial charge in [-0.1, -0.05) is 35.4 Å². The predicted molar refractivity (Wildman–Crippen MR) is 184 cm³/mol. The lowest BCUT2D eigenvalue weighted by molar-refractivity contribution is -0.197. The number of nitrogens with one attached hydrogen (secondary N) is 4. The first-order valence-electron chi connectivity index (χ1n) is 17.2. The number of halogens is 1. The monoisotopic (exact) mass is 789 g/mol. The fourth-order valence-corrected chi connectivity index (χ4v) is 6.93. The van der Waals surface area contributed by atoms with Crippen LogP contribution in [0.15, 0.2) is 0 Å². The molecule has 4 N–H and O–H groups in total. The molecule has 4 unspecified atom stereocenters. The zero-order valence-electron chi connectivity index (χ0n) is 28.2. The van der Waals surface area contributed by atoms with Crippen molar-refractivity contribution in [2.45, 2.75) is 115 Å².